The van der Waals surface area contributed by atoms with Crippen molar-refractivity contribution >= 4 is 5.91 Å². The smallest absolute Gasteiger partial charge is 0.346 e. The van der Waals surface area contributed by atoms with Crippen LogP contribution in [0.5, 0.6) is 0 Å². The number of rotatable bonds is 7. The minimum atomic E-state index is -0.145. The van der Waals surface area contributed by atoms with Crippen molar-refractivity contribution in [1.29, 1.82) is 0 Å². The van der Waals surface area contributed by atoms with E-state index in [0.717, 1.165) is 50.9 Å². The van der Waals surface area contributed by atoms with Crippen LogP contribution in [0.15, 0.2) is 4.79 Å². The molecule has 0 radical (unpaired) electrons. The molecule has 1 amide bonds. The van der Waals surface area contributed by atoms with E-state index in [-0.39, 0.29) is 18.1 Å². The highest BCUT2D eigenvalue weighted by atomic mass is 16.2. The normalized spacial score (nSPS) is 14.5. The number of aryl methyl sites for hydroxylation is 1. The lowest BCUT2D eigenvalue weighted by atomic mass is 10.2. The Balaban J connectivity index is 1.85. The van der Waals surface area contributed by atoms with Gasteiger partial charge in [-0.3, -0.25) is 9.36 Å². The molecule has 0 saturated carbocycles. The molecule has 1 aliphatic heterocycles. The number of amides is 1. The van der Waals surface area contributed by atoms with Crippen LogP contribution in [0, 0.1) is 0 Å². The fourth-order valence-electron chi connectivity index (χ4n) is 2.70. The summed E-state index contributed by atoms with van der Waals surface area (Å²) in [5.41, 5.74) is -0.145. The number of carbonyl (C=O) groups excluding carboxylic acids is 1. The van der Waals surface area contributed by atoms with Crippen molar-refractivity contribution in [2.45, 2.75) is 71.4 Å². The van der Waals surface area contributed by atoms with Gasteiger partial charge in [0.1, 0.15) is 12.4 Å². The van der Waals surface area contributed by atoms with E-state index in [2.05, 4.69) is 17.3 Å². The third kappa shape index (κ3) is 4.44. The molecule has 0 aliphatic carbocycles. The molecule has 0 aromatic carbocycles. The van der Waals surface area contributed by atoms with E-state index in [0.29, 0.717) is 6.54 Å². The van der Waals surface area contributed by atoms with E-state index in [9.17, 15) is 9.59 Å². The quantitative estimate of drug-likeness (QED) is 0.774. The second-order valence-corrected chi connectivity index (χ2v) is 5.73. The van der Waals surface area contributed by atoms with Crippen molar-refractivity contribution in [3.05, 3.63) is 16.3 Å². The molecule has 1 aliphatic rings. The van der Waals surface area contributed by atoms with E-state index < -0.39 is 0 Å². The number of hydrogen-bond donors (Lipinski definition) is 1. The van der Waals surface area contributed by atoms with Crippen LogP contribution in [0.3, 0.4) is 0 Å². The third-order valence-electron chi connectivity index (χ3n) is 3.93. The van der Waals surface area contributed by atoms with Gasteiger partial charge in [-0.2, -0.15) is 5.10 Å². The summed E-state index contributed by atoms with van der Waals surface area (Å²) in [5.74, 6) is 0.704. The van der Waals surface area contributed by atoms with Gasteiger partial charge in [-0.1, -0.05) is 32.6 Å². The maximum absolute atomic E-state index is 12.2. The number of carbonyl (C=O) groups is 1. The van der Waals surface area contributed by atoms with E-state index in [1.165, 1.54) is 17.5 Å². The summed E-state index contributed by atoms with van der Waals surface area (Å²) in [4.78, 5) is 24.1. The zero-order valence-corrected chi connectivity index (χ0v) is 12.9. The van der Waals surface area contributed by atoms with Gasteiger partial charge in [-0.05, 0) is 19.3 Å². The zero-order chi connectivity index (χ0) is 15.1. The standard InChI is InChI=1S/C15H26N4O2/c1-2-3-4-7-10-16-14(20)12-19-15(21)18-11-8-5-6-9-13(18)17-19/h2-12H2,1H3,(H,16,20). The number of aromatic nitrogens is 3. The molecule has 0 fully saturated rings. The van der Waals surface area contributed by atoms with Crippen LogP contribution in [0.4, 0.5) is 0 Å². The van der Waals surface area contributed by atoms with Crippen molar-refractivity contribution in [2.75, 3.05) is 6.54 Å². The van der Waals surface area contributed by atoms with Crippen molar-refractivity contribution in [3.8, 4) is 0 Å². The second-order valence-electron chi connectivity index (χ2n) is 5.73. The fraction of sp³-hybridized carbons (Fsp3) is 0.800. The van der Waals surface area contributed by atoms with Gasteiger partial charge in [0.2, 0.25) is 5.91 Å². The number of nitrogens with one attached hydrogen (secondary N) is 1. The Labute approximate surface area is 125 Å². The molecule has 0 spiro atoms. The largest absolute Gasteiger partial charge is 0.354 e. The Morgan fingerprint density at radius 1 is 1.24 bits per heavy atom. The second kappa shape index (κ2) is 8.00. The summed E-state index contributed by atoms with van der Waals surface area (Å²) in [6.07, 6.45) is 8.57. The van der Waals surface area contributed by atoms with Crippen molar-refractivity contribution < 1.29 is 4.79 Å². The Morgan fingerprint density at radius 2 is 2.10 bits per heavy atom. The third-order valence-corrected chi connectivity index (χ3v) is 3.93. The Bertz CT molecular complexity index is 518. The highest BCUT2D eigenvalue weighted by Crippen LogP contribution is 2.10. The lowest BCUT2D eigenvalue weighted by Crippen LogP contribution is -2.34. The lowest BCUT2D eigenvalue weighted by molar-refractivity contribution is -0.121. The van der Waals surface area contributed by atoms with Crippen LogP contribution >= 0.6 is 0 Å². The summed E-state index contributed by atoms with van der Waals surface area (Å²) >= 11 is 0. The maximum Gasteiger partial charge on any atom is 0.346 e. The molecule has 1 aromatic rings. The Kier molecular flexibility index (Phi) is 6.02. The highest BCUT2D eigenvalue weighted by Gasteiger charge is 2.16. The number of hydrogen-bond acceptors (Lipinski definition) is 3. The minimum absolute atomic E-state index is 0.0343. The molecule has 6 heteroatoms. The molecule has 1 N–H and O–H groups in total. The fourth-order valence-corrected chi connectivity index (χ4v) is 2.70. The molecular weight excluding hydrogens is 268 g/mol. The molecule has 0 unspecified atom stereocenters. The van der Waals surface area contributed by atoms with Crippen LogP contribution in [0.25, 0.3) is 0 Å². The SMILES string of the molecule is CCCCCCNC(=O)Cn1nc2n(c1=O)CCCCC2. The summed E-state index contributed by atoms with van der Waals surface area (Å²) in [5, 5.41) is 7.18. The molecule has 6 nitrogen and oxygen atoms in total. The van der Waals surface area contributed by atoms with Gasteiger partial charge in [0, 0.05) is 19.5 Å². The first kappa shape index (κ1) is 15.8. The summed E-state index contributed by atoms with van der Waals surface area (Å²) in [6.45, 7) is 3.61. The van der Waals surface area contributed by atoms with Crippen LogP contribution < -0.4 is 11.0 Å². The van der Waals surface area contributed by atoms with Gasteiger partial charge in [0.05, 0.1) is 0 Å². The van der Waals surface area contributed by atoms with Crippen LogP contribution in [-0.4, -0.2) is 26.8 Å². The van der Waals surface area contributed by atoms with Crippen molar-refractivity contribution in [3.63, 3.8) is 0 Å². The molecular formula is C15H26N4O2. The molecule has 2 rings (SSSR count). The Morgan fingerprint density at radius 3 is 2.90 bits per heavy atom. The molecule has 0 bridgehead atoms. The maximum atomic E-state index is 12.2. The highest BCUT2D eigenvalue weighted by molar-refractivity contribution is 5.75. The number of nitrogens with zero attached hydrogens (tertiary/aromatic N) is 3. The predicted molar refractivity (Wildman–Crippen MR) is 81.2 cm³/mol. The molecule has 118 valence electrons. The first-order chi connectivity index (χ1) is 10.2. The molecule has 0 atom stereocenters. The summed E-state index contributed by atoms with van der Waals surface area (Å²) in [6, 6.07) is 0. The zero-order valence-electron chi connectivity index (χ0n) is 12.9. The first-order valence-corrected chi connectivity index (χ1v) is 8.15. The predicted octanol–water partition coefficient (Wildman–Crippen LogP) is 1.47. The van der Waals surface area contributed by atoms with Gasteiger partial charge in [-0.15, -0.1) is 0 Å². The monoisotopic (exact) mass is 294 g/mol. The van der Waals surface area contributed by atoms with E-state index in [4.69, 9.17) is 0 Å². The average Bonchev–Trinajstić information content (AvgIpc) is 2.66. The molecule has 2 heterocycles. The van der Waals surface area contributed by atoms with Gasteiger partial charge in [-0.25, -0.2) is 9.48 Å². The molecule has 21 heavy (non-hydrogen) atoms. The van der Waals surface area contributed by atoms with Gasteiger partial charge >= 0.3 is 5.69 Å². The van der Waals surface area contributed by atoms with Gasteiger partial charge < -0.3 is 5.32 Å². The van der Waals surface area contributed by atoms with E-state index in [1.807, 2.05) is 0 Å². The molecule has 0 saturated heterocycles. The van der Waals surface area contributed by atoms with Gasteiger partial charge in [0.15, 0.2) is 0 Å². The van der Waals surface area contributed by atoms with Crippen LogP contribution in [-0.2, 0) is 24.3 Å². The summed E-state index contributed by atoms with van der Waals surface area (Å²) in [7, 11) is 0. The van der Waals surface area contributed by atoms with Crippen molar-refractivity contribution in [2.24, 2.45) is 0 Å². The lowest BCUT2D eigenvalue weighted by Gasteiger charge is -2.04. The topological polar surface area (TPSA) is 68.9 Å². The summed E-state index contributed by atoms with van der Waals surface area (Å²) < 4.78 is 3.03. The first-order valence-electron chi connectivity index (χ1n) is 8.15. The molecule has 1 aromatic heterocycles. The average molecular weight is 294 g/mol. The van der Waals surface area contributed by atoms with Gasteiger partial charge in [0.25, 0.3) is 0 Å². The number of unbranched alkanes of at least 4 members (excludes halogenated alkanes) is 3. The van der Waals surface area contributed by atoms with Crippen molar-refractivity contribution in [1.82, 2.24) is 19.7 Å². The van der Waals surface area contributed by atoms with Crippen LogP contribution in [0.1, 0.15) is 57.7 Å². The van der Waals surface area contributed by atoms with E-state index in [1.54, 1.807) is 4.57 Å². The van der Waals surface area contributed by atoms with Crippen LogP contribution in [0.2, 0.25) is 0 Å². The van der Waals surface area contributed by atoms with E-state index >= 15 is 0 Å². The number of fused-ring (bicyclic) bond motifs is 1. The minimum Gasteiger partial charge on any atom is -0.354 e. The Hall–Kier alpha value is -1.59.